The third-order valence-electron chi connectivity index (χ3n) is 2.47. The van der Waals surface area contributed by atoms with Crippen LogP contribution < -0.4 is 5.32 Å². The first-order valence-electron chi connectivity index (χ1n) is 5.16. The molecule has 1 fully saturated rings. The van der Waals surface area contributed by atoms with Crippen molar-refractivity contribution in [1.29, 1.82) is 0 Å². The van der Waals surface area contributed by atoms with Crippen molar-refractivity contribution >= 4 is 29.7 Å². The molecule has 2 N–H and O–H groups in total. The lowest BCUT2D eigenvalue weighted by Gasteiger charge is -2.24. The maximum absolute atomic E-state index is 12.0. The van der Waals surface area contributed by atoms with Gasteiger partial charge in [-0.3, -0.25) is 10.2 Å². The number of tetrazole rings is 1. The van der Waals surface area contributed by atoms with Crippen LogP contribution in [0.3, 0.4) is 0 Å². The van der Waals surface area contributed by atoms with E-state index < -0.39 is 18.0 Å². The van der Waals surface area contributed by atoms with Crippen LogP contribution >= 0.6 is 11.8 Å². The molecule has 1 aromatic rings. The maximum Gasteiger partial charge on any atom is 0.327 e. The van der Waals surface area contributed by atoms with Crippen molar-refractivity contribution in [2.24, 2.45) is 7.05 Å². The number of carboxylic acid groups (broad SMARTS) is 1. The first kappa shape index (κ1) is 12.6. The Balaban J connectivity index is 2.09. The number of carbonyl (C=O) groups excluding carboxylic acids is 1. The van der Waals surface area contributed by atoms with Gasteiger partial charge in [-0.1, -0.05) is 5.10 Å². The van der Waals surface area contributed by atoms with Crippen molar-refractivity contribution in [2.75, 3.05) is 11.1 Å². The number of amides is 2. The molecule has 2 amide bonds. The predicted octanol–water partition coefficient (Wildman–Crippen LogP) is -0.410. The Labute approximate surface area is 107 Å². The van der Waals surface area contributed by atoms with E-state index in [2.05, 4.69) is 20.7 Å². The fourth-order valence-electron chi connectivity index (χ4n) is 1.64. The molecule has 9 nitrogen and oxygen atoms in total. The maximum atomic E-state index is 12.0. The van der Waals surface area contributed by atoms with Crippen molar-refractivity contribution in [3.8, 4) is 0 Å². The SMILES string of the molecule is CC1SCC(C(=O)O)N1C(=O)Nc1nnn(C)n1. The molecule has 0 saturated carbocycles. The van der Waals surface area contributed by atoms with Gasteiger partial charge in [0.2, 0.25) is 0 Å². The van der Waals surface area contributed by atoms with E-state index in [-0.39, 0.29) is 11.3 Å². The molecule has 0 aromatic carbocycles. The number of anilines is 1. The molecule has 2 rings (SSSR count). The van der Waals surface area contributed by atoms with Gasteiger partial charge >= 0.3 is 12.0 Å². The zero-order valence-corrected chi connectivity index (χ0v) is 10.6. The second-order valence-electron chi connectivity index (χ2n) is 3.73. The highest BCUT2D eigenvalue weighted by Gasteiger charge is 2.39. The quantitative estimate of drug-likeness (QED) is 0.752. The van der Waals surface area contributed by atoms with Crippen LogP contribution in [0.5, 0.6) is 0 Å². The number of urea groups is 1. The largest absolute Gasteiger partial charge is 0.480 e. The van der Waals surface area contributed by atoms with E-state index in [0.717, 1.165) is 0 Å². The fraction of sp³-hybridized carbons (Fsp3) is 0.625. The molecule has 1 aromatic heterocycles. The summed E-state index contributed by atoms with van der Waals surface area (Å²) in [5, 5.41) is 22.2. The number of hydrogen-bond donors (Lipinski definition) is 2. The first-order chi connectivity index (χ1) is 8.49. The Kier molecular flexibility index (Phi) is 3.36. The van der Waals surface area contributed by atoms with Gasteiger partial charge in [0.25, 0.3) is 5.95 Å². The molecule has 2 atom stereocenters. The third kappa shape index (κ3) is 2.37. The topological polar surface area (TPSA) is 113 Å². The van der Waals surface area contributed by atoms with Gasteiger partial charge in [0, 0.05) is 5.75 Å². The summed E-state index contributed by atoms with van der Waals surface area (Å²) in [6.07, 6.45) is 0. The van der Waals surface area contributed by atoms with Crippen molar-refractivity contribution in [3.05, 3.63) is 0 Å². The number of hydrogen-bond acceptors (Lipinski definition) is 6. The van der Waals surface area contributed by atoms with Crippen LogP contribution in [-0.2, 0) is 11.8 Å². The molecule has 0 spiro atoms. The number of nitrogens with zero attached hydrogens (tertiary/aromatic N) is 5. The van der Waals surface area contributed by atoms with Crippen LogP contribution in [0.15, 0.2) is 0 Å². The Morgan fingerprint density at radius 2 is 2.28 bits per heavy atom. The molecular formula is C8H12N6O3S. The Hall–Kier alpha value is -1.84. The Morgan fingerprint density at radius 3 is 2.83 bits per heavy atom. The summed E-state index contributed by atoms with van der Waals surface area (Å²) >= 11 is 1.41. The monoisotopic (exact) mass is 272 g/mol. The van der Waals surface area contributed by atoms with E-state index in [4.69, 9.17) is 5.11 Å². The van der Waals surface area contributed by atoms with Crippen molar-refractivity contribution in [1.82, 2.24) is 25.1 Å². The Bertz CT molecular complexity index is 477. The molecule has 1 aliphatic rings. The van der Waals surface area contributed by atoms with Crippen molar-refractivity contribution < 1.29 is 14.7 Å². The van der Waals surface area contributed by atoms with E-state index >= 15 is 0 Å². The van der Waals surface area contributed by atoms with Gasteiger partial charge in [-0.2, -0.15) is 4.80 Å². The first-order valence-corrected chi connectivity index (χ1v) is 6.21. The van der Waals surface area contributed by atoms with Crippen LogP contribution in [-0.4, -0.2) is 59.4 Å². The van der Waals surface area contributed by atoms with Gasteiger partial charge in [0.1, 0.15) is 6.04 Å². The highest BCUT2D eigenvalue weighted by molar-refractivity contribution is 8.00. The van der Waals surface area contributed by atoms with Crippen molar-refractivity contribution in [3.63, 3.8) is 0 Å². The fourth-order valence-corrected chi connectivity index (χ4v) is 2.80. The van der Waals surface area contributed by atoms with Crippen molar-refractivity contribution in [2.45, 2.75) is 18.3 Å². The van der Waals surface area contributed by atoms with Crippen LogP contribution in [0.2, 0.25) is 0 Å². The third-order valence-corrected chi connectivity index (χ3v) is 3.69. The average Bonchev–Trinajstić information content (AvgIpc) is 2.85. The number of aryl methyl sites for hydroxylation is 1. The van der Waals surface area contributed by atoms with Gasteiger partial charge in [0.15, 0.2) is 0 Å². The van der Waals surface area contributed by atoms with Crippen LogP contribution in [0.25, 0.3) is 0 Å². The highest BCUT2D eigenvalue weighted by Crippen LogP contribution is 2.29. The molecule has 10 heteroatoms. The van der Waals surface area contributed by atoms with Gasteiger partial charge < -0.3 is 5.11 Å². The molecule has 0 aliphatic carbocycles. The van der Waals surface area contributed by atoms with E-state index in [0.29, 0.717) is 5.75 Å². The highest BCUT2D eigenvalue weighted by atomic mass is 32.2. The second-order valence-corrected chi connectivity index (χ2v) is 5.08. The summed E-state index contributed by atoms with van der Waals surface area (Å²) in [7, 11) is 1.57. The number of carbonyl (C=O) groups is 2. The van der Waals surface area contributed by atoms with Crippen LogP contribution in [0.4, 0.5) is 10.7 Å². The van der Waals surface area contributed by atoms with Gasteiger partial charge in [0.05, 0.1) is 12.4 Å². The molecule has 0 bridgehead atoms. The summed E-state index contributed by atoms with van der Waals surface area (Å²) in [5.41, 5.74) is 0. The lowest BCUT2D eigenvalue weighted by atomic mass is 10.3. The number of aliphatic carboxylic acids is 1. The normalized spacial score (nSPS) is 23.1. The second kappa shape index (κ2) is 4.80. The Morgan fingerprint density at radius 1 is 1.56 bits per heavy atom. The van der Waals surface area contributed by atoms with Gasteiger partial charge in [-0.15, -0.1) is 16.9 Å². The zero-order valence-electron chi connectivity index (χ0n) is 9.77. The summed E-state index contributed by atoms with van der Waals surface area (Å²) < 4.78 is 0. The standard InChI is InChI=1S/C8H12N6O3S/c1-4-14(5(3-18-4)6(15)16)8(17)9-7-10-12-13(2)11-7/h4-5H,3H2,1-2H3,(H,15,16)(H,9,11,17). The molecule has 1 saturated heterocycles. The smallest absolute Gasteiger partial charge is 0.327 e. The molecule has 1 aliphatic heterocycles. The van der Waals surface area contributed by atoms with E-state index in [1.807, 2.05) is 0 Å². The number of aromatic nitrogens is 4. The summed E-state index contributed by atoms with van der Waals surface area (Å²) in [6, 6.07) is -1.37. The molecule has 18 heavy (non-hydrogen) atoms. The van der Waals surface area contributed by atoms with E-state index in [1.165, 1.54) is 21.5 Å². The molecule has 0 radical (unpaired) electrons. The number of nitrogens with one attached hydrogen (secondary N) is 1. The lowest BCUT2D eigenvalue weighted by Crippen LogP contribution is -2.47. The van der Waals surface area contributed by atoms with Gasteiger partial charge in [-0.05, 0) is 12.1 Å². The minimum absolute atomic E-state index is 0.0516. The number of rotatable bonds is 2. The molecule has 2 unspecified atom stereocenters. The van der Waals surface area contributed by atoms with E-state index in [9.17, 15) is 9.59 Å². The zero-order chi connectivity index (χ0) is 13.3. The average molecular weight is 272 g/mol. The predicted molar refractivity (Wildman–Crippen MR) is 63.0 cm³/mol. The summed E-state index contributed by atoms with van der Waals surface area (Å²) in [6.45, 7) is 1.78. The minimum Gasteiger partial charge on any atom is -0.480 e. The lowest BCUT2D eigenvalue weighted by molar-refractivity contribution is -0.141. The van der Waals surface area contributed by atoms with Crippen LogP contribution in [0, 0.1) is 0 Å². The molecule has 98 valence electrons. The van der Waals surface area contributed by atoms with E-state index in [1.54, 1.807) is 14.0 Å². The number of carboxylic acids is 1. The van der Waals surface area contributed by atoms with Crippen LogP contribution in [0.1, 0.15) is 6.92 Å². The summed E-state index contributed by atoms with van der Waals surface area (Å²) in [4.78, 5) is 25.5. The molecule has 2 heterocycles. The summed E-state index contributed by atoms with van der Waals surface area (Å²) in [5.74, 6) is -0.595. The number of thioether (sulfide) groups is 1. The molecular weight excluding hydrogens is 260 g/mol. The van der Waals surface area contributed by atoms with Gasteiger partial charge in [-0.25, -0.2) is 9.59 Å². The minimum atomic E-state index is -1.02.